The number of hydrogen-bond donors (Lipinski definition) is 1. The number of amides is 1. The summed E-state index contributed by atoms with van der Waals surface area (Å²) in [5.41, 5.74) is 4.45. The largest absolute Gasteiger partial charge is 0.508 e. The fourth-order valence-electron chi connectivity index (χ4n) is 4.28. The van der Waals surface area contributed by atoms with E-state index < -0.39 is 0 Å². The Kier molecular flexibility index (Phi) is 9.71. The number of nitrogens with zero attached hydrogens (tertiary/aromatic N) is 3. The number of rotatable bonds is 6. The zero-order valence-corrected chi connectivity index (χ0v) is 21.2. The monoisotopic (exact) mass is 503 g/mol. The van der Waals surface area contributed by atoms with Gasteiger partial charge in [-0.15, -0.1) is 24.8 Å². The maximum atomic E-state index is 13.9. The smallest absolute Gasteiger partial charge is 0.234 e. The van der Waals surface area contributed by atoms with E-state index in [0.29, 0.717) is 18.3 Å². The van der Waals surface area contributed by atoms with E-state index in [-0.39, 0.29) is 42.4 Å². The van der Waals surface area contributed by atoms with Gasteiger partial charge in [0, 0.05) is 18.0 Å². The topological polar surface area (TPSA) is 75.5 Å². The third-order valence-corrected chi connectivity index (χ3v) is 6.07. The number of aromatic hydroxyl groups is 1. The average molecular weight is 504 g/mol. The van der Waals surface area contributed by atoms with Crippen LogP contribution >= 0.6 is 24.8 Å². The number of halogens is 2. The van der Waals surface area contributed by atoms with Crippen molar-refractivity contribution in [2.45, 2.75) is 51.5 Å². The van der Waals surface area contributed by atoms with Gasteiger partial charge in [-0.05, 0) is 60.1 Å². The van der Waals surface area contributed by atoms with E-state index in [1.165, 1.54) is 0 Å². The number of aromatic nitrogens is 2. The van der Waals surface area contributed by atoms with Crippen LogP contribution < -0.4 is 9.64 Å². The van der Waals surface area contributed by atoms with Gasteiger partial charge < -0.3 is 14.7 Å². The molecule has 4 rings (SSSR count). The molecule has 0 saturated heterocycles. The molecule has 3 aromatic rings. The zero-order chi connectivity index (χ0) is 22.7. The van der Waals surface area contributed by atoms with E-state index in [0.717, 1.165) is 47.3 Å². The number of carbonyl (C=O) groups is 1. The van der Waals surface area contributed by atoms with Crippen LogP contribution in [0.4, 0.5) is 5.69 Å². The van der Waals surface area contributed by atoms with Crippen molar-refractivity contribution in [1.29, 1.82) is 0 Å². The summed E-state index contributed by atoms with van der Waals surface area (Å²) in [5.74, 6) is 0.820. The molecule has 1 amide bonds. The van der Waals surface area contributed by atoms with Crippen molar-refractivity contribution in [1.82, 2.24) is 9.97 Å². The predicted molar refractivity (Wildman–Crippen MR) is 139 cm³/mol. The van der Waals surface area contributed by atoms with Crippen LogP contribution in [0.2, 0.25) is 0 Å². The first kappa shape index (κ1) is 27.4. The summed E-state index contributed by atoms with van der Waals surface area (Å²) in [4.78, 5) is 24.5. The highest BCUT2D eigenvalue weighted by atomic mass is 35.5. The van der Waals surface area contributed by atoms with Crippen molar-refractivity contribution >= 4 is 36.4 Å². The minimum Gasteiger partial charge on any atom is -0.508 e. The van der Waals surface area contributed by atoms with E-state index in [4.69, 9.17) is 4.74 Å². The zero-order valence-electron chi connectivity index (χ0n) is 19.6. The predicted octanol–water partition coefficient (Wildman–Crippen LogP) is 5.81. The Bertz CT molecular complexity index is 1090. The second kappa shape index (κ2) is 12.0. The third kappa shape index (κ3) is 5.80. The SMILES string of the molecule is COc1ccc(CN(C(=O)C2CCCc3c(O)cccc32)c2ccc(C(C)C)nc2)cn1.Cl.Cl. The second-order valence-electron chi connectivity index (χ2n) is 8.52. The van der Waals surface area contributed by atoms with Gasteiger partial charge >= 0.3 is 0 Å². The third-order valence-electron chi connectivity index (χ3n) is 6.07. The summed E-state index contributed by atoms with van der Waals surface area (Å²) in [5, 5.41) is 10.3. The van der Waals surface area contributed by atoms with Crippen molar-refractivity contribution in [2.75, 3.05) is 12.0 Å². The fourth-order valence-corrected chi connectivity index (χ4v) is 4.28. The lowest BCUT2D eigenvalue weighted by Gasteiger charge is -2.31. The molecule has 0 fully saturated rings. The van der Waals surface area contributed by atoms with Crippen LogP contribution in [0.5, 0.6) is 11.6 Å². The molecule has 1 aliphatic carbocycles. The molecule has 34 heavy (non-hydrogen) atoms. The van der Waals surface area contributed by atoms with E-state index in [2.05, 4.69) is 23.8 Å². The number of anilines is 1. The second-order valence-corrected chi connectivity index (χ2v) is 8.52. The molecule has 1 unspecified atom stereocenters. The summed E-state index contributed by atoms with van der Waals surface area (Å²) in [7, 11) is 1.58. The van der Waals surface area contributed by atoms with Crippen LogP contribution in [0.15, 0.2) is 54.9 Å². The van der Waals surface area contributed by atoms with Crippen LogP contribution in [-0.4, -0.2) is 28.1 Å². The van der Waals surface area contributed by atoms with Gasteiger partial charge in [-0.2, -0.15) is 0 Å². The molecule has 1 aliphatic rings. The summed E-state index contributed by atoms with van der Waals surface area (Å²) in [6, 6.07) is 13.1. The molecule has 0 spiro atoms. The maximum absolute atomic E-state index is 13.9. The maximum Gasteiger partial charge on any atom is 0.234 e. The number of ether oxygens (including phenoxy) is 1. The standard InChI is InChI=1S/C26H29N3O3.2ClH/c1-17(2)23-12-11-19(15-27-23)29(16-18-10-13-25(32-3)28-14-18)26(31)22-8-4-7-21-20(22)6-5-9-24(21)30;;/h5-6,9-15,17,22,30H,4,7-8,16H2,1-3H3;2*1H. The lowest BCUT2D eigenvalue weighted by molar-refractivity contribution is -0.120. The minimum absolute atomic E-state index is 0. The molecule has 6 nitrogen and oxygen atoms in total. The van der Waals surface area contributed by atoms with Gasteiger partial charge in [0.1, 0.15) is 5.75 Å². The van der Waals surface area contributed by atoms with E-state index >= 15 is 0 Å². The highest BCUT2D eigenvalue weighted by Gasteiger charge is 2.32. The Hall–Kier alpha value is -2.83. The van der Waals surface area contributed by atoms with Crippen LogP contribution in [0.1, 0.15) is 60.9 Å². The molecule has 0 radical (unpaired) electrons. The van der Waals surface area contributed by atoms with Gasteiger partial charge in [0.2, 0.25) is 11.8 Å². The molecule has 1 atom stereocenters. The summed E-state index contributed by atoms with van der Waals surface area (Å²) < 4.78 is 5.16. The first-order chi connectivity index (χ1) is 15.5. The van der Waals surface area contributed by atoms with Crippen molar-refractivity contribution < 1.29 is 14.6 Å². The molecule has 1 aromatic carbocycles. The number of phenolic OH excluding ortho intramolecular Hbond substituents is 1. The van der Waals surface area contributed by atoms with Gasteiger partial charge in [0.05, 0.1) is 31.5 Å². The van der Waals surface area contributed by atoms with Gasteiger partial charge in [-0.1, -0.05) is 32.0 Å². The molecule has 2 aromatic heterocycles. The van der Waals surface area contributed by atoms with Crippen molar-refractivity contribution in [2.24, 2.45) is 0 Å². The highest BCUT2D eigenvalue weighted by Crippen LogP contribution is 2.38. The lowest BCUT2D eigenvalue weighted by Crippen LogP contribution is -2.36. The number of pyridine rings is 2. The van der Waals surface area contributed by atoms with Gasteiger partial charge in [0.15, 0.2) is 0 Å². The van der Waals surface area contributed by atoms with Crippen LogP contribution in [0, 0.1) is 0 Å². The Morgan fingerprint density at radius 3 is 2.53 bits per heavy atom. The van der Waals surface area contributed by atoms with Gasteiger partial charge in [-0.3, -0.25) is 9.78 Å². The number of fused-ring (bicyclic) bond motifs is 1. The highest BCUT2D eigenvalue weighted by molar-refractivity contribution is 5.98. The molecule has 0 saturated carbocycles. The summed E-state index contributed by atoms with van der Waals surface area (Å²) >= 11 is 0. The van der Waals surface area contributed by atoms with Crippen LogP contribution in [0.25, 0.3) is 0 Å². The average Bonchev–Trinajstić information content (AvgIpc) is 2.82. The Morgan fingerprint density at radius 2 is 1.91 bits per heavy atom. The number of hydrogen-bond acceptors (Lipinski definition) is 5. The Morgan fingerprint density at radius 1 is 1.12 bits per heavy atom. The van der Waals surface area contributed by atoms with Crippen molar-refractivity contribution in [3.63, 3.8) is 0 Å². The molecule has 8 heteroatoms. The van der Waals surface area contributed by atoms with Crippen molar-refractivity contribution in [3.05, 3.63) is 77.2 Å². The Labute approximate surface area is 213 Å². The van der Waals surface area contributed by atoms with Gasteiger partial charge in [-0.25, -0.2) is 4.98 Å². The summed E-state index contributed by atoms with van der Waals surface area (Å²) in [6.45, 7) is 4.57. The van der Waals surface area contributed by atoms with E-state index in [1.807, 2.05) is 30.3 Å². The molecule has 1 N–H and O–H groups in total. The normalized spacial score (nSPS) is 14.4. The Balaban J connectivity index is 0.00000204. The lowest BCUT2D eigenvalue weighted by atomic mass is 9.81. The molecular formula is C26H31Cl2N3O3. The molecule has 182 valence electrons. The number of benzene rings is 1. The number of phenols is 1. The van der Waals surface area contributed by atoms with Crippen LogP contribution in [-0.2, 0) is 17.8 Å². The van der Waals surface area contributed by atoms with E-state index in [1.54, 1.807) is 36.5 Å². The quantitative estimate of drug-likeness (QED) is 0.459. The first-order valence-electron chi connectivity index (χ1n) is 11.0. The molecular weight excluding hydrogens is 473 g/mol. The van der Waals surface area contributed by atoms with Crippen LogP contribution in [0.3, 0.4) is 0 Å². The van der Waals surface area contributed by atoms with Crippen molar-refractivity contribution in [3.8, 4) is 11.6 Å². The minimum atomic E-state index is -0.304. The van der Waals surface area contributed by atoms with Gasteiger partial charge in [0.25, 0.3) is 0 Å². The van der Waals surface area contributed by atoms with E-state index in [9.17, 15) is 9.90 Å². The molecule has 0 aliphatic heterocycles. The molecule has 2 heterocycles. The number of methoxy groups -OCH3 is 1. The fraction of sp³-hybridized carbons (Fsp3) is 0.346. The summed E-state index contributed by atoms with van der Waals surface area (Å²) in [6.07, 6.45) is 5.92. The molecule has 0 bridgehead atoms. The number of carbonyl (C=O) groups excluding carboxylic acids is 1. The first-order valence-corrected chi connectivity index (χ1v) is 11.0.